The number of rotatable bonds is 3. The lowest BCUT2D eigenvalue weighted by Crippen LogP contribution is -2.60. The molecule has 7 nitrogen and oxygen atoms in total. The van der Waals surface area contributed by atoms with Crippen molar-refractivity contribution in [1.29, 1.82) is 0 Å². The number of carbonyl (C=O) groups excluding carboxylic acids is 2. The number of hydrogen-bond donors (Lipinski definition) is 0. The molecule has 4 aliphatic heterocycles. The van der Waals surface area contributed by atoms with Crippen LogP contribution in [0.2, 0.25) is 0 Å². The van der Waals surface area contributed by atoms with Gasteiger partial charge in [-0.2, -0.15) is 0 Å². The summed E-state index contributed by atoms with van der Waals surface area (Å²) in [6.07, 6.45) is 7.83. The third kappa shape index (κ3) is 4.39. The molecule has 0 aliphatic carbocycles. The smallest absolute Gasteiger partial charge is 0.410 e. The molecule has 3 fully saturated rings. The van der Waals surface area contributed by atoms with Gasteiger partial charge in [-0.3, -0.25) is 4.90 Å². The zero-order chi connectivity index (χ0) is 24.7. The lowest BCUT2D eigenvalue weighted by Gasteiger charge is -2.52. The first-order chi connectivity index (χ1) is 16.8. The Kier molecular flexibility index (Phi) is 6.68. The third-order valence-corrected chi connectivity index (χ3v) is 8.76. The van der Waals surface area contributed by atoms with E-state index < -0.39 is 0 Å². The van der Waals surface area contributed by atoms with Crippen LogP contribution in [0.25, 0.3) is 0 Å². The minimum Gasteiger partial charge on any atom is -0.449 e. The Morgan fingerprint density at radius 2 is 1.80 bits per heavy atom. The Morgan fingerprint density at radius 1 is 1.11 bits per heavy atom. The minimum absolute atomic E-state index is 0.0488. The summed E-state index contributed by atoms with van der Waals surface area (Å²) in [5, 5.41) is 0. The van der Waals surface area contributed by atoms with E-state index in [0.717, 1.165) is 69.3 Å². The maximum atomic E-state index is 14.3. The number of carbonyl (C=O) groups is 2. The Bertz CT molecular complexity index is 948. The van der Waals surface area contributed by atoms with Crippen LogP contribution in [0.15, 0.2) is 18.2 Å². The second kappa shape index (κ2) is 9.60. The van der Waals surface area contributed by atoms with Crippen LogP contribution in [0.5, 0.6) is 0 Å². The predicted octanol–water partition coefficient (Wildman–Crippen LogP) is 4.59. The molecule has 2 atom stereocenters. The molecule has 2 bridgehead atoms. The average molecular weight is 487 g/mol. The highest BCUT2D eigenvalue weighted by Gasteiger charge is 2.49. The average Bonchev–Trinajstić information content (AvgIpc) is 3.14. The molecule has 5 rings (SSSR count). The Hall–Kier alpha value is -2.35. The van der Waals surface area contributed by atoms with E-state index in [9.17, 15) is 14.0 Å². The van der Waals surface area contributed by atoms with Crippen LogP contribution in [0.3, 0.4) is 0 Å². The van der Waals surface area contributed by atoms with Crippen LogP contribution >= 0.6 is 0 Å². The van der Waals surface area contributed by atoms with E-state index >= 15 is 0 Å². The molecule has 3 saturated heterocycles. The van der Waals surface area contributed by atoms with Crippen molar-refractivity contribution in [2.24, 2.45) is 0 Å². The number of piperidine rings is 3. The molecule has 35 heavy (non-hydrogen) atoms. The van der Waals surface area contributed by atoms with Crippen molar-refractivity contribution < 1.29 is 18.7 Å². The fourth-order valence-corrected chi connectivity index (χ4v) is 7.01. The van der Waals surface area contributed by atoms with Crippen molar-refractivity contribution in [3.63, 3.8) is 0 Å². The second-order valence-corrected chi connectivity index (χ2v) is 11.1. The van der Waals surface area contributed by atoms with Gasteiger partial charge in [-0.25, -0.2) is 14.0 Å². The van der Waals surface area contributed by atoms with Crippen LogP contribution < -0.4 is 4.90 Å². The first-order valence-corrected chi connectivity index (χ1v) is 13.3. The van der Waals surface area contributed by atoms with Gasteiger partial charge in [-0.15, -0.1) is 0 Å². The molecule has 0 radical (unpaired) electrons. The minimum atomic E-state index is -0.236. The molecular weight excluding hydrogens is 447 g/mol. The van der Waals surface area contributed by atoms with Crippen molar-refractivity contribution >= 4 is 17.8 Å². The van der Waals surface area contributed by atoms with Crippen LogP contribution in [-0.2, 0) is 10.2 Å². The fraction of sp³-hybridized carbons (Fsp3) is 0.704. The molecule has 3 amide bonds. The zero-order valence-electron chi connectivity index (χ0n) is 21.3. The number of urea groups is 1. The molecular formula is C27H39FN4O3. The fourth-order valence-electron chi connectivity index (χ4n) is 7.01. The van der Waals surface area contributed by atoms with Gasteiger partial charge >= 0.3 is 12.1 Å². The van der Waals surface area contributed by atoms with Gasteiger partial charge in [0.05, 0.1) is 6.61 Å². The third-order valence-electron chi connectivity index (χ3n) is 8.76. The van der Waals surface area contributed by atoms with Crippen molar-refractivity contribution in [3.8, 4) is 0 Å². The molecule has 0 saturated carbocycles. The quantitative estimate of drug-likeness (QED) is 0.627. The molecule has 4 heterocycles. The van der Waals surface area contributed by atoms with Gasteiger partial charge < -0.3 is 19.4 Å². The second-order valence-electron chi connectivity index (χ2n) is 11.1. The topological polar surface area (TPSA) is 56.3 Å². The van der Waals surface area contributed by atoms with E-state index in [1.807, 2.05) is 16.7 Å². The first-order valence-electron chi connectivity index (χ1n) is 13.3. The Balaban J connectivity index is 1.28. The van der Waals surface area contributed by atoms with Gasteiger partial charge in [0.15, 0.2) is 0 Å². The summed E-state index contributed by atoms with van der Waals surface area (Å²) in [6, 6.07) is 5.82. The number of ether oxygens (including phenoxy) is 1. The number of amides is 3. The van der Waals surface area contributed by atoms with Gasteiger partial charge in [0.2, 0.25) is 0 Å². The molecule has 0 aromatic heterocycles. The number of benzene rings is 1. The highest BCUT2D eigenvalue weighted by Crippen LogP contribution is 2.48. The summed E-state index contributed by atoms with van der Waals surface area (Å²) in [4.78, 5) is 33.7. The summed E-state index contributed by atoms with van der Waals surface area (Å²) in [7, 11) is 3.53. The van der Waals surface area contributed by atoms with Crippen molar-refractivity contribution in [2.75, 3.05) is 45.2 Å². The van der Waals surface area contributed by atoms with Crippen LogP contribution in [0.4, 0.5) is 19.7 Å². The summed E-state index contributed by atoms with van der Waals surface area (Å²) in [5.74, 6) is -0.236. The highest BCUT2D eigenvalue weighted by atomic mass is 19.1. The standard InChI is InChI=1S/C27H39FN4O3/c1-4-14-35-26(34)32-20-6-5-7-21(32)17-22(16-20)30-12-10-27(11-13-30)18-31(25(33)29(2)3)24-9-8-19(28)15-23(24)27/h8-9,15,20-22H,4-7,10-14,16-18H2,1-3H3. The van der Waals surface area contributed by atoms with E-state index in [1.54, 1.807) is 31.1 Å². The van der Waals surface area contributed by atoms with Crippen LogP contribution in [0, 0.1) is 5.82 Å². The first kappa shape index (κ1) is 24.3. The maximum Gasteiger partial charge on any atom is 0.410 e. The van der Waals surface area contributed by atoms with E-state index in [4.69, 9.17) is 4.74 Å². The van der Waals surface area contributed by atoms with Crippen LogP contribution in [0.1, 0.15) is 63.9 Å². The van der Waals surface area contributed by atoms with E-state index in [1.165, 1.54) is 12.5 Å². The summed E-state index contributed by atoms with van der Waals surface area (Å²) in [6.45, 7) is 5.00. The molecule has 1 aromatic rings. The van der Waals surface area contributed by atoms with Crippen molar-refractivity contribution in [1.82, 2.24) is 14.7 Å². The molecule has 4 aliphatic rings. The highest BCUT2D eigenvalue weighted by molar-refractivity contribution is 5.95. The lowest BCUT2D eigenvalue weighted by atomic mass is 9.73. The summed E-state index contributed by atoms with van der Waals surface area (Å²) < 4.78 is 19.8. The van der Waals surface area contributed by atoms with Crippen molar-refractivity contribution in [3.05, 3.63) is 29.6 Å². The monoisotopic (exact) mass is 486 g/mol. The normalized spacial score (nSPS) is 27.6. The molecule has 2 unspecified atom stereocenters. The number of likely N-dealkylation sites (tertiary alicyclic amines) is 1. The summed E-state index contributed by atoms with van der Waals surface area (Å²) >= 11 is 0. The number of halogens is 1. The van der Waals surface area contributed by atoms with Gasteiger partial charge in [0, 0.05) is 49.9 Å². The SMILES string of the molecule is CCCOC(=O)N1C2CCCC1CC(N1CCC3(CC1)CN(C(=O)N(C)C)c1ccc(F)cc13)C2. The number of nitrogens with zero attached hydrogens (tertiary/aromatic N) is 4. The van der Waals surface area contributed by atoms with Gasteiger partial charge in [-0.1, -0.05) is 6.92 Å². The van der Waals surface area contributed by atoms with Crippen LogP contribution in [-0.4, -0.2) is 85.3 Å². The number of anilines is 1. The van der Waals surface area contributed by atoms with E-state index in [0.29, 0.717) is 19.2 Å². The lowest BCUT2D eigenvalue weighted by molar-refractivity contribution is -0.0176. The van der Waals surface area contributed by atoms with Gasteiger partial charge in [0.1, 0.15) is 5.82 Å². The number of hydrogen-bond acceptors (Lipinski definition) is 4. The van der Waals surface area contributed by atoms with E-state index in [2.05, 4.69) is 4.90 Å². The summed E-state index contributed by atoms with van der Waals surface area (Å²) in [5.41, 5.74) is 1.64. The maximum absolute atomic E-state index is 14.3. The van der Waals surface area contributed by atoms with Crippen molar-refractivity contribution in [2.45, 2.75) is 81.8 Å². The predicted molar refractivity (Wildman–Crippen MR) is 133 cm³/mol. The Morgan fingerprint density at radius 3 is 2.43 bits per heavy atom. The molecule has 1 spiro atoms. The molecule has 0 N–H and O–H groups in total. The van der Waals surface area contributed by atoms with E-state index in [-0.39, 0.29) is 35.4 Å². The van der Waals surface area contributed by atoms with Gasteiger partial charge in [-0.05, 0) is 88.2 Å². The molecule has 8 heteroatoms. The molecule has 1 aromatic carbocycles. The Labute approximate surface area is 208 Å². The number of fused-ring (bicyclic) bond motifs is 4. The van der Waals surface area contributed by atoms with Gasteiger partial charge in [0.25, 0.3) is 0 Å². The molecule has 192 valence electrons. The largest absolute Gasteiger partial charge is 0.449 e. The zero-order valence-corrected chi connectivity index (χ0v) is 21.3.